The van der Waals surface area contributed by atoms with Crippen LogP contribution in [0.25, 0.3) is 0 Å². The summed E-state index contributed by atoms with van der Waals surface area (Å²) in [6, 6.07) is 12.0. The number of nitrogens with one attached hydrogen (secondary N) is 1. The smallest absolute Gasteiger partial charge is 0.341 e. The predicted octanol–water partition coefficient (Wildman–Crippen LogP) is 5.42. The van der Waals surface area contributed by atoms with E-state index in [4.69, 9.17) is 4.74 Å². The fraction of sp³-hybridized carbons (Fsp3) is 0.360. The summed E-state index contributed by atoms with van der Waals surface area (Å²) in [5.41, 5.74) is 1.81. The number of hydrogen-bond donors (Lipinski definition) is 2. The number of rotatable bonds is 7. The van der Waals surface area contributed by atoms with Gasteiger partial charge < -0.3 is 19.9 Å². The van der Waals surface area contributed by atoms with Gasteiger partial charge in [-0.05, 0) is 53.1 Å². The number of carbonyl (C=O) groups excluding carboxylic acids is 2. The van der Waals surface area contributed by atoms with Crippen LogP contribution in [0.5, 0.6) is 11.5 Å². The van der Waals surface area contributed by atoms with Gasteiger partial charge in [-0.1, -0.05) is 46.8 Å². The second-order valence-corrected chi connectivity index (χ2v) is 9.28. The van der Waals surface area contributed by atoms with E-state index < -0.39 is 11.9 Å². The fourth-order valence-corrected chi connectivity index (χ4v) is 3.66. The third kappa shape index (κ3) is 7.17. The van der Waals surface area contributed by atoms with Crippen molar-refractivity contribution in [3.8, 4) is 11.5 Å². The maximum Gasteiger partial charge on any atom is 0.341 e. The van der Waals surface area contributed by atoms with E-state index in [1.165, 1.54) is 43.2 Å². The molecular formula is C25H31NO5. The van der Waals surface area contributed by atoms with Crippen molar-refractivity contribution in [3.05, 3.63) is 65.9 Å². The summed E-state index contributed by atoms with van der Waals surface area (Å²) in [5.74, 6) is -0.735. The Hall–Kier alpha value is -3.28. The van der Waals surface area contributed by atoms with E-state index in [9.17, 15) is 14.7 Å². The van der Waals surface area contributed by atoms with Gasteiger partial charge in [0, 0.05) is 11.8 Å². The molecule has 0 spiro atoms. The summed E-state index contributed by atoms with van der Waals surface area (Å²) in [6.45, 7) is 11.2. The summed E-state index contributed by atoms with van der Waals surface area (Å²) in [7, 11) is 1.21. The maximum atomic E-state index is 12.1. The highest BCUT2D eigenvalue weighted by molar-refractivity contribution is 6.00. The number of amides is 1. The van der Waals surface area contributed by atoms with Crippen LogP contribution in [-0.4, -0.2) is 24.1 Å². The van der Waals surface area contributed by atoms with Gasteiger partial charge in [-0.3, -0.25) is 4.79 Å². The molecule has 2 rings (SSSR count). The highest BCUT2D eigenvalue weighted by Crippen LogP contribution is 2.36. The summed E-state index contributed by atoms with van der Waals surface area (Å²) < 4.78 is 10.1. The second kappa shape index (κ2) is 9.69. The van der Waals surface area contributed by atoms with Crippen molar-refractivity contribution in [2.75, 3.05) is 12.4 Å². The molecule has 0 radical (unpaired) electrons. The first-order chi connectivity index (χ1) is 14.4. The Morgan fingerprint density at radius 3 is 2.26 bits per heavy atom. The van der Waals surface area contributed by atoms with Gasteiger partial charge in [0.1, 0.15) is 17.1 Å². The van der Waals surface area contributed by atoms with E-state index in [1.54, 1.807) is 0 Å². The first kappa shape index (κ1) is 24.0. The van der Waals surface area contributed by atoms with Crippen LogP contribution in [0.2, 0.25) is 0 Å². The van der Waals surface area contributed by atoms with Gasteiger partial charge in [-0.15, -0.1) is 0 Å². The highest BCUT2D eigenvalue weighted by Gasteiger charge is 2.27. The molecule has 1 amide bonds. The molecule has 0 aliphatic rings. The van der Waals surface area contributed by atoms with Crippen molar-refractivity contribution in [3.63, 3.8) is 0 Å². The molecule has 0 saturated heterocycles. The Labute approximate surface area is 183 Å². The molecule has 6 nitrogen and oxygen atoms in total. The molecule has 2 N–H and O–H groups in total. The number of methoxy groups -OCH3 is 1. The third-order valence-corrected chi connectivity index (χ3v) is 4.70. The lowest BCUT2D eigenvalue weighted by atomic mass is 9.72. The van der Waals surface area contributed by atoms with Crippen LogP contribution < -0.4 is 10.1 Å². The lowest BCUT2D eigenvalue weighted by Gasteiger charge is -2.33. The molecule has 0 unspecified atom stereocenters. The molecule has 0 aliphatic carbocycles. The fourth-order valence-electron chi connectivity index (χ4n) is 3.66. The van der Waals surface area contributed by atoms with Crippen LogP contribution in [-0.2, 0) is 14.9 Å². The van der Waals surface area contributed by atoms with E-state index in [1.807, 2.05) is 24.3 Å². The molecular weight excluding hydrogens is 394 g/mol. The van der Waals surface area contributed by atoms with Crippen molar-refractivity contribution in [1.29, 1.82) is 0 Å². The number of hydrogen-bond acceptors (Lipinski definition) is 5. The molecule has 31 heavy (non-hydrogen) atoms. The van der Waals surface area contributed by atoms with Gasteiger partial charge in [0.25, 0.3) is 5.91 Å². The van der Waals surface area contributed by atoms with Crippen molar-refractivity contribution in [1.82, 2.24) is 0 Å². The molecule has 0 aliphatic heterocycles. The van der Waals surface area contributed by atoms with Crippen LogP contribution >= 0.6 is 0 Å². The van der Waals surface area contributed by atoms with Crippen molar-refractivity contribution in [2.45, 2.75) is 46.5 Å². The van der Waals surface area contributed by atoms with Gasteiger partial charge in [-0.25, -0.2) is 4.79 Å². The number of phenolic OH excluding ortho intramolecular Hbond substituents is 1. The molecule has 0 saturated carbocycles. The molecule has 2 aromatic rings. The van der Waals surface area contributed by atoms with Gasteiger partial charge in [0.15, 0.2) is 0 Å². The molecule has 2 aromatic carbocycles. The monoisotopic (exact) mass is 425 g/mol. The Bertz CT molecular complexity index is 953. The zero-order chi connectivity index (χ0) is 23.2. The Morgan fingerprint density at radius 1 is 1.03 bits per heavy atom. The van der Waals surface area contributed by atoms with Crippen LogP contribution in [0, 0.1) is 5.41 Å². The molecule has 0 fully saturated rings. The van der Waals surface area contributed by atoms with Crippen LogP contribution in [0.1, 0.15) is 57.0 Å². The first-order valence-corrected chi connectivity index (χ1v) is 10.1. The maximum absolute atomic E-state index is 12.1. The highest BCUT2D eigenvalue weighted by atomic mass is 16.5. The third-order valence-electron chi connectivity index (χ3n) is 4.70. The second-order valence-electron chi connectivity index (χ2n) is 9.28. The zero-order valence-electron chi connectivity index (χ0n) is 19.0. The van der Waals surface area contributed by atoms with Gasteiger partial charge in [0.2, 0.25) is 0 Å². The topological polar surface area (TPSA) is 84.9 Å². The number of esters is 1. The summed E-state index contributed by atoms with van der Waals surface area (Å²) >= 11 is 0. The number of benzene rings is 2. The van der Waals surface area contributed by atoms with Gasteiger partial charge in [0.05, 0.1) is 13.4 Å². The SMILES string of the molecule is COC(=O)c1cc(NC(=O)/C=C/Oc2ccc(C(C)(C)CC(C)(C)C)cc2)ccc1O. The minimum atomic E-state index is -0.693. The quantitative estimate of drug-likeness (QED) is 0.268. The first-order valence-electron chi connectivity index (χ1n) is 10.1. The Morgan fingerprint density at radius 2 is 1.68 bits per heavy atom. The number of anilines is 1. The van der Waals surface area contributed by atoms with Crippen molar-refractivity contribution < 1.29 is 24.2 Å². The molecule has 0 heterocycles. The van der Waals surface area contributed by atoms with Crippen molar-refractivity contribution in [2.24, 2.45) is 5.41 Å². The predicted molar refractivity (Wildman–Crippen MR) is 121 cm³/mol. The van der Waals surface area contributed by atoms with Crippen LogP contribution in [0.15, 0.2) is 54.8 Å². The minimum Gasteiger partial charge on any atom is -0.507 e. The Balaban J connectivity index is 1.97. The molecule has 6 heteroatoms. The van der Waals surface area contributed by atoms with Crippen LogP contribution in [0.4, 0.5) is 5.69 Å². The number of aromatic hydroxyl groups is 1. The normalized spacial score (nSPS) is 11.9. The minimum absolute atomic E-state index is 0.0324. The molecule has 0 atom stereocenters. The lowest BCUT2D eigenvalue weighted by molar-refractivity contribution is -0.112. The summed E-state index contributed by atoms with van der Waals surface area (Å²) in [5, 5.41) is 12.3. The molecule has 0 aromatic heterocycles. The zero-order valence-corrected chi connectivity index (χ0v) is 19.0. The van der Waals surface area contributed by atoms with Gasteiger partial charge >= 0.3 is 5.97 Å². The number of carbonyl (C=O) groups is 2. The summed E-state index contributed by atoms with van der Waals surface area (Å²) in [4.78, 5) is 23.7. The summed E-state index contributed by atoms with van der Waals surface area (Å²) in [6.07, 6.45) is 3.59. The standard InChI is InChI=1S/C25H31NO5/c1-24(2,3)16-25(4,5)17-7-10-19(11-8-17)31-14-13-22(28)26-18-9-12-21(27)20(15-18)23(29)30-6/h7-15,27H,16H2,1-6H3,(H,26,28)/b14-13+. The largest absolute Gasteiger partial charge is 0.507 e. The van der Waals surface area contributed by atoms with E-state index in [2.05, 4.69) is 44.7 Å². The van der Waals surface area contributed by atoms with E-state index in [-0.39, 0.29) is 22.1 Å². The molecule has 166 valence electrons. The average Bonchev–Trinajstić information content (AvgIpc) is 2.67. The average molecular weight is 426 g/mol. The van der Waals surface area contributed by atoms with E-state index in [0.717, 1.165) is 6.42 Å². The van der Waals surface area contributed by atoms with E-state index in [0.29, 0.717) is 11.4 Å². The van der Waals surface area contributed by atoms with E-state index >= 15 is 0 Å². The van der Waals surface area contributed by atoms with Crippen molar-refractivity contribution >= 4 is 17.6 Å². The Kier molecular flexibility index (Phi) is 7.50. The number of phenols is 1. The van der Waals surface area contributed by atoms with Crippen LogP contribution in [0.3, 0.4) is 0 Å². The van der Waals surface area contributed by atoms with Gasteiger partial charge in [-0.2, -0.15) is 0 Å². The molecule has 0 bridgehead atoms. The lowest BCUT2D eigenvalue weighted by Crippen LogP contribution is -2.24. The number of ether oxygens (including phenoxy) is 2.